The summed E-state index contributed by atoms with van der Waals surface area (Å²) in [6, 6.07) is 6.60. The molecule has 0 radical (unpaired) electrons. The van der Waals surface area contributed by atoms with Crippen molar-refractivity contribution in [3.63, 3.8) is 0 Å². The summed E-state index contributed by atoms with van der Waals surface area (Å²) in [6.07, 6.45) is 0. The Morgan fingerprint density at radius 2 is 1.40 bits per heavy atom. The molecule has 1 rings (SSSR count). The third-order valence-electron chi connectivity index (χ3n) is 1.01. The van der Waals surface area contributed by atoms with Gasteiger partial charge >= 0.3 is 59.7 Å². The van der Waals surface area contributed by atoms with Crippen molar-refractivity contribution < 1.29 is 10.7 Å². The van der Waals surface area contributed by atoms with Gasteiger partial charge in [-0.15, -0.1) is 0 Å². The summed E-state index contributed by atoms with van der Waals surface area (Å²) < 4.78 is 35.4. The van der Waals surface area contributed by atoms with Gasteiger partial charge in [0.25, 0.3) is 0 Å². The molecular formula is C6H5F3Se. The van der Waals surface area contributed by atoms with E-state index in [9.17, 15) is 10.7 Å². The van der Waals surface area contributed by atoms with Crippen molar-refractivity contribution in [1.82, 2.24) is 0 Å². The molecule has 0 bridgehead atoms. The van der Waals surface area contributed by atoms with E-state index in [1.54, 1.807) is 6.07 Å². The van der Waals surface area contributed by atoms with Crippen molar-refractivity contribution in [2.45, 2.75) is 0 Å². The predicted octanol–water partition coefficient (Wildman–Crippen LogP) is 1.74. The Bertz CT molecular complexity index is 204. The van der Waals surface area contributed by atoms with Crippen molar-refractivity contribution >= 4 is 18.7 Å². The van der Waals surface area contributed by atoms with Crippen LogP contribution in [0.4, 0.5) is 10.7 Å². The monoisotopic (exact) mass is 214 g/mol. The van der Waals surface area contributed by atoms with Crippen molar-refractivity contribution in [3.8, 4) is 0 Å². The standard InChI is InChI=1S/C6H5F3Se/c7-10(8,9)6-4-2-1-3-5-6/h1-5H. The van der Waals surface area contributed by atoms with Gasteiger partial charge < -0.3 is 0 Å². The number of benzene rings is 1. The molecule has 0 N–H and O–H groups in total. The van der Waals surface area contributed by atoms with E-state index in [0.717, 1.165) is 12.1 Å². The molecule has 0 aliphatic rings. The number of rotatable bonds is 1. The topological polar surface area (TPSA) is 0 Å². The van der Waals surface area contributed by atoms with E-state index in [0.29, 0.717) is 0 Å². The first-order chi connectivity index (χ1) is 4.61. The molecule has 0 aliphatic heterocycles. The van der Waals surface area contributed by atoms with Crippen LogP contribution in [-0.4, -0.2) is 14.2 Å². The van der Waals surface area contributed by atoms with Gasteiger partial charge in [-0.3, -0.25) is 0 Å². The molecule has 0 heterocycles. The minimum atomic E-state index is -5.70. The summed E-state index contributed by atoms with van der Waals surface area (Å²) in [4.78, 5) is 0. The maximum absolute atomic E-state index is 11.9. The third kappa shape index (κ3) is 1.75. The molecule has 0 saturated heterocycles. The Morgan fingerprint density at radius 3 is 1.70 bits per heavy atom. The van der Waals surface area contributed by atoms with Gasteiger partial charge in [-0.25, -0.2) is 0 Å². The summed E-state index contributed by atoms with van der Waals surface area (Å²) >= 11 is -5.70. The van der Waals surface area contributed by atoms with Gasteiger partial charge in [0, 0.05) is 0 Å². The van der Waals surface area contributed by atoms with Crippen molar-refractivity contribution in [1.29, 1.82) is 0 Å². The van der Waals surface area contributed by atoms with E-state index < -0.39 is 18.7 Å². The summed E-state index contributed by atoms with van der Waals surface area (Å²) in [6.45, 7) is 0. The van der Waals surface area contributed by atoms with Crippen LogP contribution in [-0.2, 0) is 0 Å². The molecule has 0 amide bonds. The van der Waals surface area contributed by atoms with Crippen molar-refractivity contribution in [2.75, 3.05) is 0 Å². The fraction of sp³-hybridized carbons (Fsp3) is 0. The molecule has 0 unspecified atom stereocenters. The molecule has 56 valence electrons. The molecule has 1 aromatic rings. The van der Waals surface area contributed by atoms with Gasteiger partial charge in [0.15, 0.2) is 0 Å². The molecular weight excluding hydrogens is 208 g/mol. The van der Waals surface area contributed by atoms with E-state index in [2.05, 4.69) is 0 Å². The van der Waals surface area contributed by atoms with Gasteiger partial charge in [-0.05, 0) is 0 Å². The van der Waals surface area contributed by atoms with Gasteiger partial charge in [0.05, 0.1) is 0 Å². The molecule has 0 nitrogen and oxygen atoms in total. The van der Waals surface area contributed by atoms with E-state index in [1.807, 2.05) is 0 Å². The average molecular weight is 213 g/mol. The van der Waals surface area contributed by atoms with Crippen molar-refractivity contribution in [3.05, 3.63) is 30.3 Å². The Morgan fingerprint density at radius 1 is 0.900 bits per heavy atom. The molecule has 4 heteroatoms. The van der Waals surface area contributed by atoms with Crippen LogP contribution < -0.4 is 4.46 Å². The van der Waals surface area contributed by atoms with E-state index in [-0.39, 0.29) is 0 Å². The normalized spacial score (nSPS) is 13.1. The second-order valence-electron chi connectivity index (χ2n) is 1.72. The van der Waals surface area contributed by atoms with Crippen LogP contribution >= 0.6 is 0 Å². The maximum atomic E-state index is 11.9. The van der Waals surface area contributed by atoms with E-state index in [1.165, 1.54) is 12.1 Å². The fourth-order valence-electron chi connectivity index (χ4n) is 0.575. The quantitative estimate of drug-likeness (QED) is 0.623. The zero-order chi connectivity index (χ0) is 7.61. The van der Waals surface area contributed by atoms with Gasteiger partial charge in [0.1, 0.15) is 0 Å². The van der Waals surface area contributed by atoms with E-state index >= 15 is 0 Å². The molecule has 10 heavy (non-hydrogen) atoms. The summed E-state index contributed by atoms with van der Waals surface area (Å²) in [7, 11) is 0. The second kappa shape index (κ2) is 2.64. The van der Waals surface area contributed by atoms with Crippen LogP contribution in [0.3, 0.4) is 0 Å². The van der Waals surface area contributed by atoms with Crippen LogP contribution in [0.25, 0.3) is 0 Å². The molecule has 0 aliphatic carbocycles. The van der Waals surface area contributed by atoms with Crippen LogP contribution in [0.15, 0.2) is 30.3 Å². The Labute approximate surface area is 60.3 Å². The average Bonchev–Trinajstić information content (AvgIpc) is 1.88. The molecule has 0 saturated carbocycles. The molecule has 0 aromatic heterocycles. The number of hydrogen-bond donors (Lipinski definition) is 0. The van der Waals surface area contributed by atoms with Crippen LogP contribution in [0.5, 0.6) is 0 Å². The number of halogens is 3. The second-order valence-corrected chi connectivity index (χ2v) is 4.41. The zero-order valence-electron chi connectivity index (χ0n) is 4.93. The fourth-order valence-corrected chi connectivity index (χ4v) is 1.55. The van der Waals surface area contributed by atoms with Crippen LogP contribution in [0.2, 0.25) is 0 Å². The Hall–Kier alpha value is -0.471. The summed E-state index contributed by atoms with van der Waals surface area (Å²) in [5.74, 6) is 0. The van der Waals surface area contributed by atoms with Gasteiger partial charge in [-0.1, -0.05) is 0 Å². The Balaban J connectivity index is 2.97. The first-order valence-corrected chi connectivity index (χ1v) is 5.38. The molecule has 0 spiro atoms. The molecule has 0 fully saturated rings. The first kappa shape index (κ1) is 7.63. The van der Waals surface area contributed by atoms with Crippen molar-refractivity contribution in [2.24, 2.45) is 0 Å². The Kier molecular flexibility index (Phi) is 2.02. The summed E-state index contributed by atoms with van der Waals surface area (Å²) in [5, 5.41) is 0. The molecule has 0 atom stereocenters. The van der Waals surface area contributed by atoms with E-state index in [4.69, 9.17) is 0 Å². The van der Waals surface area contributed by atoms with Crippen LogP contribution in [0, 0.1) is 0 Å². The van der Waals surface area contributed by atoms with Gasteiger partial charge in [0.2, 0.25) is 0 Å². The molecule has 1 aromatic carbocycles. The first-order valence-electron chi connectivity index (χ1n) is 2.58. The SMILES string of the molecule is F[Se](F)(F)c1ccccc1. The third-order valence-corrected chi connectivity index (χ3v) is 2.70. The van der Waals surface area contributed by atoms with Gasteiger partial charge in [-0.2, -0.15) is 0 Å². The zero-order valence-corrected chi connectivity index (χ0v) is 6.64. The minimum absolute atomic E-state index is 0.446. The van der Waals surface area contributed by atoms with Crippen LogP contribution in [0.1, 0.15) is 0 Å². The predicted molar refractivity (Wildman–Crippen MR) is 35.2 cm³/mol. The number of hydrogen-bond acceptors (Lipinski definition) is 0. The summed E-state index contributed by atoms with van der Waals surface area (Å²) in [5.41, 5.74) is 0.